The van der Waals surface area contributed by atoms with Gasteiger partial charge in [-0.25, -0.2) is 0 Å². The minimum atomic E-state index is -0.357. The van der Waals surface area contributed by atoms with Crippen molar-refractivity contribution in [1.82, 2.24) is 16.2 Å². The average Bonchev–Trinajstić information content (AvgIpc) is 2.66. The molecule has 0 bridgehead atoms. The molecule has 0 radical (unpaired) electrons. The number of ether oxygens (including phenoxy) is 1. The molecular weight excluding hydrogens is 350 g/mol. The molecular formula is C19H27N3O3S. The molecule has 6 nitrogen and oxygen atoms in total. The van der Waals surface area contributed by atoms with Crippen LogP contribution in [0.5, 0.6) is 5.75 Å². The fourth-order valence-corrected chi connectivity index (χ4v) is 2.96. The molecule has 0 aliphatic heterocycles. The van der Waals surface area contributed by atoms with E-state index < -0.39 is 0 Å². The van der Waals surface area contributed by atoms with Gasteiger partial charge in [-0.1, -0.05) is 32.3 Å². The minimum absolute atomic E-state index is 0.0177. The molecule has 1 saturated carbocycles. The van der Waals surface area contributed by atoms with Crippen LogP contribution in [0.1, 0.15) is 62.7 Å². The zero-order chi connectivity index (χ0) is 18.9. The Morgan fingerprint density at radius 2 is 1.96 bits per heavy atom. The Kier molecular flexibility index (Phi) is 7.84. The van der Waals surface area contributed by atoms with Gasteiger partial charge >= 0.3 is 0 Å². The zero-order valence-electron chi connectivity index (χ0n) is 15.3. The summed E-state index contributed by atoms with van der Waals surface area (Å²) >= 11 is 5.08. The third-order valence-electron chi connectivity index (χ3n) is 4.51. The molecule has 142 valence electrons. The van der Waals surface area contributed by atoms with Crippen molar-refractivity contribution >= 4 is 29.1 Å². The molecule has 0 saturated heterocycles. The van der Waals surface area contributed by atoms with Gasteiger partial charge in [0.05, 0.1) is 6.10 Å². The number of hydrazine groups is 1. The summed E-state index contributed by atoms with van der Waals surface area (Å²) in [6.07, 6.45) is 6.09. The number of rotatable bonds is 5. The normalized spacial score (nSPS) is 15.6. The molecule has 1 aromatic rings. The van der Waals surface area contributed by atoms with E-state index in [-0.39, 0.29) is 28.9 Å². The SMILES string of the molecule is CCC(C)Oc1cccc(C(=O)NC(=S)NNC(=O)C2CCCCC2)c1. The van der Waals surface area contributed by atoms with Crippen LogP contribution in [-0.4, -0.2) is 23.0 Å². The molecule has 1 aromatic carbocycles. The van der Waals surface area contributed by atoms with Crippen molar-refractivity contribution in [2.75, 3.05) is 0 Å². The first-order valence-electron chi connectivity index (χ1n) is 9.17. The van der Waals surface area contributed by atoms with E-state index >= 15 is 0 Å². The van der Waals surface area contributed by atoms with Crippen LogP contribution in [0.2, 0.25) is 0 Å². The number of hydrogen-bond acceptors (Lipinski definition) is 4. The molecule has 0 spiro atoms. The summed E-state index contributed by atoms with van der Waals surface area (Å²) in [5.41, 5.74) is 5.63. The van der Waals surface area contributed by atoms with Crippen molar-refractivity contribution in [3.8, 4) is 5.75 Å². The molecule has 3 N–H and O–H groups in total. The molecule has 1 unspecified atom stereocenters. The van der Waals surface area contributed by atoms with Crippen molar-refractivity contribution in [3.05, 3.63) is 29.8 Å². The second kappa shape index (κ2) is 10.1. The number of nitrogens with one attached hydrogen (secondary N) is 3. The van der Waals surface area contributed by atoms with Crippen LogP contribution in [0.15, 0.2) is 24.3 Å². The minimum Gasteiger partial charge on any atom is -0.491 e. The zero-order valence-corrected chi connectivity index (χ0v) is 16.2. The fraction of sp³-hybridized carbons (Fsp3) is 0.526. The Morgan fingerprint density at radius 3 is 2.65 bits per heavy atom. The first-order valence-corrected chi connectivity index (χ1v) is 9.58. The lowest BCUT2D eigenvalue weighted by atomic mass is 9.89. The van der Waals surface area contributed by atoms with E-state index in [1.807, 2.05) is 19.9 Å². The lowest BCUT2D eigenvalue weighted by molar-refractivity contribution is -0.126. The number of carbonyl (C=O) groups excluding carboxylic acids is 2. The van der Waals surface area contributed by atoms with E-state index in [1.165, 1.54) is 6.42 Å². The summed E-state index contributed by atoms with van der Waals surface area (Å²) in [6.45, 7) is 4.01. The predicted octanol–water partition coefficient (Wildman–Crippen LogP) is 3.08. The summed E-state index contributed by atoms with van der Waals surface area (Å²) in [4.78, 5) is 24.4. The van der Waals surface area contributed by atoms with Crippen molar-refractivity contribution in [2.45, 2.75) is 58.5 Å². The molecule has 0 heterocycles. The lowest BCUT2D eigenvalue weighted by Crippen LogP contribution is -2.50. The molecule has 2 amide bonds. The summed E-state index contributed by atoms with van der Waals surface area (Å²) < 4.78 is 5.72. The maximum Gasteiger partial charge on any atom is 0.257 e. The molecule has 26 heavy (non-hydrogen) atoms. The Morgan fingerprint density at radius 1 is 1.23 bits per heavy atom. The number of carbonyl (C=O) groups is 2. The summed E-state index contributed by atoms with van der Waals surface area (Å²) in [5.74, 6) is 0.217. The smallest absolute Gasteiger partial charge is 0.257 e. The topological polar surface area (TPSA) is 79.5 Å². The van der Waals surface area contributed by atoms with E-state index in [0.717, 1.165) is 32.1 Å². The first-order chi connectivity index (χ1) is 12.5. The van der Waals surface area contributed by atoms with Crippen LogP contribution in [0, 0.1) is 5.92 Å². The van der Waals surface area contributed by atoms with Crippen LogP contribution in [0.4, 0.5) is 0 Å². The van der Waals surface area contributed by atoms with E-state index in [9.17, 15) is 9.59 Å². The number of amides is 2. The monoisotopic (exact) mass is 377 g/mol. The number of hydrogen-bond donors (Lipinski definition) is 3. The fourth-order valence-electron chi connectivity index (χ4n) is 2.82. The van der Waals surface area contributed by atoms with Gasteiger partial charge in [0.15, 0.2) is 5.11 Å². The molecule has 1 aliphatic rings. The van der Waals surface area contributed by atoms with Crippen molar-refractivity contribution < 1.29 is 14.3 Å². The summed E-state index contributed by atoms with van der Waals surface area (Å²) in [6, 6.07) is 6.92. The molecule has 1 fully saturated rings. The molecule has 1 atom stereocenters. The van der Waals surface area contributed by atoms with Crippen molar-refractivity contribution in [2.24, 2.45) is 5.92 Å². The predicted molar refractivity (Wildman–Crippen MR) is 105 cm³/mol. The van der Waals surface area contributed by atoms with Gasteiger partial charge in [0.25, 0.3) is 5.91 Å². The Labute approximate surface area is 160 Å². The highest BCUT2D eigenvalue weighted by atomic mass is 32.1. The van der Waals surface area contributed by atoms with Gasteiger partial charge in [0, 0.05) is 11.5 Å². The highest BCUT2D eigenvalue weighted by Crippen LogP contribution is 2.23. The van der Waals surface area contributed by atoms with Crippen LogP contribution in [0.25, 0.3) is 0 Å². The Hall–Kier alpha value is -2.15. The standard InChI is InChI=1S/C19H27N3O3S/c1-3-13(2)25-16-11-7-10-15(12-16)17(23)20-19(26)22-21-18(24)14-8-5-4-6-9-14/h7,10-14H,3-6,8-9H2,1-2H3,(H,21,24)(H2,20,22,23,26). The van der Waals surface area contributed by atoms with E-state index in [4.69, 9.17) is 17.0 Å². The third-order valence-corrected chi connectivity index (χ3v) is 4.71. The highest BCUT2D eigenvalue weighted by Gasteiger charge is 2.21. The van der Waals surface area contributed by atoms with Crippen LogP contribution < -0.4 is 20.9 Å². The van der Waals surface area contributed by atoms with Crippen LogP contribution >= 0.6 is 12.2 Å². The molecule has 1 aliphatic carbocycles. The number of benzene rings is 1. The van der Waals surface area contributed by atoms with Gasteiger partial charge < -0.3 is 4.74 Å². The molecule has 0 aromatic heterocycles. The second-order valence-electron chi connectivity index (χ2n) is 6.60. The van der Waals surface area contributed by atoms with Gasteiger partial charge in [-0.2, -0.15) is 0 Å². The van der Waals surface area contributed by atoms with Gasteiger partial charge in [-0.05, 0) is 56.6 Å². The Balaban J connectivity index is 1.82. The Bertz CT molecular complexity index is 645. The van der Waals surface area contributed by atoms with Crippen LogP contribution in [0.3, 0.4) is 0 Å². The van der Waals surface area contributed by atoms with Gasteiger partial charge in [-0.3, -0.25) is 25.8 Å². The van der Waals surface area contributed by atoms with Gasteiger partial charge in [-0.15, -0.1) is 0 Å². The molecule has 7 heteroatoms. The third kappa shape index (κ3) is 6.29. The maximum atomic E-state index is 12.3. The number of thiocarbonyl (C=S) groups is 1. The van der Waals surface area contributed by atoms with Crippen molar-refractivity contribution in [1.29, 1.82) is 0 Å². The summed E-state index contributed by atoms with van der Waals surface area (Å²) in [5, 5.41) is 2.62. The van der Waals surface area contributed by atoms with E-state index in [1.54, 1.807) is 18.2 Å². The summed E-state index contributed by atoms with van der Waals surface area (Å²) in [7, 11) is 0. The quantitative estimate of drug-likeness (QED) is 0.543. The largest absolute Gasteiger partial charge is 0.491 e. The first kappa shape index (κ1) is 20.2. The van der Waals surface area contributed by atoms with Crippen LogP contribution in [-0.2, 0) is 4.79 Å². The van der Waals surface area contributed by atoms with Gasteiger partial charge in [0.2, 0.25) is 5.91 Å². The maximum absolute atomic E-state index is 12.3. The van der Waals surface area contributed by atoms with E-state index in [0.29, 0.717) is 11.3 Å². The van der Waals surface area contributed by atoms with Gasteiger partial charge in [0.1, 0.15) is 5.75 Å². The average molecular weight is 378 g/mol. The second-order valence-corrected chi connectivity index (χ2v) is 7.01. The van der Waals surface area contributed by atoms with E-state index in [2.05, 4.69) is 16.2 Å². The molecule has 2 rings (SSSR count). The highest BCUT2D eigenvalue weighted by molar-refractivity contribution is 7.80. The van der Waals surface area contributed by atoms with Crippen molar-refractivity contribution in [3.63, 3.8) is 0 Å². The lowest BCUT2D eigenvalue weighted by Gasteiger charge is -2.21.